The van der Waals surface area contributed by atoms with Crippen LogP contribution in [0.15, 0.2) is 60.8 Å². The molecule has 0 unspecified atom stereocenters. The highest BCUT2D eigenvalue weighted by molar-refractivity contribution is 5.79. The molecule has 2 aromatic carbocycles. The van der Waals surface area contributed by atoms with Crippen LogP contribution in [0, 0.1) is 0 Å². The van der Waals surface area contributed by atoms with E-state index in [0.717, 1.165) is 16.7 Å². The number of amides is 2. The van der Waals surface area contributed by atoms with E-state index in [1.807, 2.05) is 52.4 Å². The van der Waals surface area contributed by atoms with Gasteiger partial charge in [0.15, 0.2) is 0 Å². The molecular weight excluding hydrogens is 300 g/mol. The van der Waals surface area contributed by atoms with Gasteiger partial charge in [-0.05, 0) is 22.8 Å². The van der Waals surface area contributed by atoms with Gasteiger partial charge in [0.2, 0.25) is 0 Å². The molecule has 2 aliphatic heterocycles. The highest BCUT2D eigenvalue weighted by Crippen LogP contribution is 2.36. The second-order valence-electron chi connectivity index (χ2n) is 6.05. The van der Waals surface area contributed by atoms with Crippen molar-refractivity contribution in [1.29, 1.82) is 0 Å². The zero-order valence-electron chi connectivity index (χ0n) is 13.5. The Labute approximate surface area is 142 Å². The number of hydrogen-bond donors (Lipinski definition) is 0. The van der Waals surface area contributed by atoms with Gasteiger partial charge in [0.05, 0.1) is 19.3 Å². The lowest BCUT2D eigenvalue weighted by atomic mass is 9.91. The molecule has 0 spiro atoms. The fraction of sp³-hybridized carbons (Fsp3) is 0.250. The molecule has 1 atom stereocenters. The van der Waals surface area contributed by atoms with E-state index in [9.17, 15) is 4.79 Å². The smallest absolute Gasteiger partial charge is 0.325 e. The summed E-state index contributed by atoms with van der Waals surface area (Å²) in [6.45, 7) is 2.50. The summed E-state index contributed by atoms with van der Waals surface area (Å²) < 4.78 is 5.37. The summed E-state index contributed by atoms with van der Waals surface area (Å²) in [5.41, 5.74) is 3.45. The fourth-order valence-electron chi connectivity index (χ4n) is 3.38. The number of morpholine rings is 1. The van der Waals surface area contributed by atoms with Crippen molar-refractivity contribution in [1.82, 2.24) is 9.80 Å². The summed E-state index contributed by atoms with van der Waals surface area (Å²) in [7, 11) is 0. The number of fused-ring (bicyclic) bond motifs is 1. The van der Waals surface area contributed by atoms with Gasteiger partial charge >= 0.3 is 6.03 Å². The number of benzene rings is 2. The van der Waals surface area contributed by atoms with Crippen molar-refractivity contribution in [2.75, 3.05) is 26.3 Å². The number of nitrogens with zero attached hydrogens (tertiary/aromatic N) is 2. The summed E-state index contributed by atoms with van der Waals surface area (Å²) >= 11 is 0. The number of hydrogen-bond acceptors (Lipinski definition) is 2. The van der Waals surface area contributed by atoms with Crippen LogP contribution < -0.4 is 0 Å². The van der Waals surface area contributed by atoms with E-state index in [1.54, 1.807) is 0 Å². The lowest BCUT2D eigenvalue weighted by molar-refractivity contribution is 0.0449. The van der Waals surface area contributed by atoms with E-state index in [2.05, 4.69) is 24.3 Å². The number of rotatable bonds is 1. The number of ether oxygens (including phenoxy) is 1. The van der Waals surface area contributed by atoms with Crippen molar-refractivity contribution >= 4 is 12.1 Å². The second-order valence-corrected chi connectivity index (χ2v) is 6.05. The van der Waals surface area contributed by atoms with Gasteiger partial charge in [-0.3, -0.25) is 4.90 Å². The van der Waals surface area contributed by atoms with Crippen LogP contribution in [0.4, 0.5) is 4.79 Å². The van der Waals surface area contributed by atoms with E-state index in [4.69, 9.17) is 4.74 Å². The van der Waals surface area contributed by atoms with Crippen LogP contribution in [-0.2, 0) is 4.74 Å². The summed E-state index contributed by atoms with van der Waals surface area (Å²) in [5.74, 6) is 0. The Morgan fingerprint density at radius 3 is 2.46 bits per heavy atom. The summed E-state index contributed by atoms with van der Waals surface area (Å²) in [5, 5.41) is 0. The first-order chi connectivity index (χ1) is 11.8. The average Bonchev–Trinajstić information content (AvgIpc) is 2.68. The fourth-order valence-corrected chi connectivity index (χ4v) is 3.38. The summed E-state index contributed by atoms with van der Waals surface area (Å²) in [6, 6.07) is 18.4. The molecular formula is C20H20N2O2. The van der Waals surface area contributed by atoms with Gasteiger partial charge in [0.25, 0.3) is 0 Å². The molecule has 122 valence electrons. The van der Waals surface area contributed by atoms with Crippen molar-refractivity contribution in [2.24, 2.45) is 0 Å². The topological polar surface area (TPSA) is 32.8 Å². The molecule has 4 heteroatoms. The van der Waals surface area contributed by atoms with Crippen LogP contribution in [0.25, 0.3) is 6.08 Å². The molecule has 0 N–H and O–H groups in total. The maximum atomic E-state index is 13.1. The van der Waals surface area contributed by atoms with E-state index in [0.29, 0.717) is 26.3 Å². The lowest BCUT2D eigenvalue weighted by Gasteiger charge is -2.38. The highest BCUT2D eigenvalue weighted by atomic mass is 16.5. The molecule has 1 fully saturated rings. The monoisotopic (exact) mass is 320 g/mol. The van der Waals surface area contributed by atoms with Crippen LogP contribution in [-0.4, -0.2) is 42.1 Å². The van der Waals surface area contributed by atoms with Gasteiger partial charge in [-0.1, -0.05) is 54.6 Å². The molecule has 4 nitrogen and oxygen atoms in total. The predicted molar refractivity (Wildman–Crippen MR) is 93.4 cm³/mol. The van der Waals surface area contributed by atoms with Gasteiger partial charge < -0.3 is 9.64 Å². The Balaban J connectivity index is 1.74. The number of urea groups is 1. The van der Waals surface area contributed by atoms with Crippen LogP contribution in [0.3, 0.4) is 0 Å². The van der Waals surface area contributed by atoms with Crippen LogP contribution in [0.1, 0.15) is 22.7 Å². The SMILES string of the molecule is O=C(N1CCOCC1)N1C=Cc2ccccc2[C@@H]1c1ccccc1. The van der Waals surface area contributed by atoms with Crippen molar-refractivity contribution in [3.8, 4) is 0 Å². The number of carbonyl (C=O) groups excluding carboxylic acids is 1. The third-order valence-electron chi connectivity index (χ3n) is 4.60. The Hall–Kier alpha value is -2.59. The van der Waals surface area contributed by atoms with E-state index < -0.39 is 0 Å². The molecule has 0 saturated carbocycles. The molecule has 0 aliphatic carbocycles. The molecule has 2 heterocycles. The minimum Gasteiger partial charge on any atom is -0.378 e. The van der Waals surface area contributed by atoms with Crippen LogP contribution in [0.2, 0.25) is 0 Å². The average molecular weight is 320 g/mol. The van der Waals surface area contributed by atoms with Gasteiger partial charge in [-0.25, -0.2) is 4.79 Å². The molecule has 0 bridgehead atoms. The van der Waals surface area contributed by atoms with Gasteiger partial charge in [0, 0.05) is 19.3 Å². The second kappa shape index (κ2) is 6.49. The van der Waals surface area contributed by atoms with Crippen molar-refractivity contribution in [3.63, 3.8) is 0 Å². The largest absolute Gasteiger partial charge is 0.378 e. The molecule has 2 aromatic rings. The zero-order valence-corrected chi connectivity index (χ0v) is 13.5. The Morgan fingerprint density at radius 2 is 1.67 bits per heavy atom. The minimum atomic E-state index is -0.0947. The van der Waals surface area contributed by atoms with Crippen molar-refractivity contribution in [2.45, 2.75) is 6.04 Å². The standard InChI is InChI=1S/C20H20N2O2/c23-20(21-12-14-24-15-13-21)22-11-10-16-6-4-5-9-18(16)19(22)17-7-2-1-3-8-17/h1-11,19H,12-15H2/t19-/m0/s1. The van der Waals surface area contributed by atoms with Crippen LogP contribution >= 0.6 is 0 Å². The first-order valence-electron chi connectivity index (χ1n) is 8.31. The quantitative estimate of drug-likeness (QED) is 0.805. The van der Waals surface area contributed by atoms with Gasteiger partial charge in [-0.15, -0.1) is 0 Å². The summed E-state index contributed by atoms with van der Waals surface area (Å²) in [4.78, 5) is 16.8. The maximum Gasteiger partial charge on any atom is 0.325 e. The maximum absolute atomic E-state index is 13.1. The van der Waals surface area contributed by atoms with E-state index in [1.165, 1.54) is 0 Å². The first-order valence-corrected chi connectivity index (χ1v) is 8.31. The molecule has 0 aromatic heterocycles. The third kappa shape index (κ3) is 2.69. The molecule has 2 aliphatic rings. The summed E-state index contributed by atoms with van der Waals surface area (Å²) in [6.07, 6.45) is 3.94. The minimum absolute atomic E-state index is 0.0397. The third-order valence-corrected chi connectivity index (χ3v) is 4.60. The van der Waals surface area contributed by atoms with Crippen LogP contribution in [0.5, 0.6) is 0 Å². The molecule has 4 rings (SSSR count). The number of carbonyl (C=O) groups is 1. The van der Waals surface area contributed by atoms with Gasteiger partial charge in [0.1, 0.15) is 0 Å². The molecule has 24 heavy (non-hydrogen) atoms. The molecule has 2 amide bonds. The van der Waals surface area contributed by atoms with Crippen molar-refractivity contribution < 1.29 is 9.53 Å². The Bertz CT molecular complexity index is 751. The van der Waals surface area contributed by atoms with Gasteiger partial charge in [-0.2, -0.15) is 0 Å². The van der Waals surface area contributed by atoms with E-state index >= 15 is 0 Å². The predicted octanol–water partition coefficient (Wildman–Crippen LogP) is 3.51. The first kappa shape index (κ1) is 15.0. The zero-order chi connectivity index (χ0) is 16.4. The van der Waals surface area contributed by atoms with Crippen molar-refractivity contribution in [3.05, 3.63) is 77.5 Å². The Morgan fingerprint density at radius 1 is 0.958 bits per heavy atom. The molecule has 0 radical (unpaired) electrons. The lowest BCUT2D eigenvalue weighted by Crippen LogP contribution is -2.48. The highest BCUT2D eigenvalue weighted by Gasteiger charge is 2.32. The normalized spacial score (nSPS) is 19.9. The molecule has 1 saturated heterocycles. The Kier molecular flexibility index (Phi) is 4.05. The van der Waals surface area contributed by atoms with E-state index in [-0.39, 0.29) is 12.1 Å².